The molecule has 0 saturated carbocycles. The van der Waals surface area contributed by atoms with Gasteiger partial charge in [-0.1, -0.05) is 19.1 Å². The Kier molecular flexibility index (Phi) is 3.14. The van der Waals surface area contributed by atoms with Crippen molar-refractivity contribution in [3.05, 3.63) is 39.9 Å². The van der Waals surface area contributed by atoms with Crippen molar-refractivity contribution >= 4 is 23.0 Å². The number of aliphatic hydroxyl groups excluding tert-OH is 1. The maximum atomic E-state index is 10.3. The molecule has 0 aliphatic rings. The van der Waals surface area contributed by atoms with Gasteiger partial charge in [-0.15, -0.1) is 0 Å². The predicted octanol–water partition coefficient (Wildman–Crippen LogP) is 2.58. The van der Waals surface area contributed by atoms with Crippen LogP contribution in [0, 0.1) is 10.1 Å². The summed E-state index contributed by atoms with van der Waals surface area (Å²) in [7, 11) is 0. The van der Waals surface area contributed by atoms with E-state index in [-0.39, 0.29) is 16.7 Å². The first-order valence-electron chi connectivity index (χ1n) is 3.99. The molecule has 74 valence electrons. The van der Waals surface area contributed by atoms with Gasteiger partial charge in [0.15, 0.2) is 5.05 Å². The van der Waals surface area contributed by atoms with E-state index >= 15 is 0 Å². The van der Waals surface area contributed by atoms with Crippen LogP contribution in [0.2, 0.25) is 0 Å². The summed E-state index contributed by atoms with van der Waals surface area (Å²) in [5, 5.41) is 19.3. The molecule has 4 nitrogen and oxygen atoms in total. The standard InChI is InChI=1S/C9H9NO3S/c1-6(9(11)14)7-2-4-8(5-3-7)10(12)13/h2-6H,1H3,(H,11,14). The van der Waals surface area contributed by atoms with Crippen LogP contribution in [0.25, 0.3) is 0 Å². The molecule has 0 radical (unpaired) electrons. The summed E-state index contributed by atoms with van der Waals surface area (Å²) in [5.74, 6) is -0.272. The smallest absolute Gasteiger partial charge is 0.269 e. The quantitative estimate of drug-likeness (QED) is 0.474. The third-order valence-electron chi connectivity index (χ3n) is 1.97. The minimum Gasteiger partial charge on any atom is -0.502 e. The largest absolute Gasteiger partial charge is 0.502 e. The topological polar surface area (TPSA) is 63.4 Å². The number of non-ortho nitro benzene ring substituents is 1. The summed E-state index contributed by atoms with van der Waals surface area (Å²) in [6, 6.07) is 5.96. The molecular formula is C9H9NO3S. The van der Waals surface area contributed by atoms with Crippen LogP contribution in [0.3, 0.4) is 0 Å². The van der Waals surface area contributed by atoms with Gasteiger partial charge in [-0.2, -0.15) is 0 Å². The molecule has 0 aliphatic carbocycles. The highest BCUT2D eigenvalue weighted by Gasteiger charge is 2.11. The zero-order chi connectivity index (χ0) is 10.7. The molecule has 0 heterocycles. The van der Waals surface area contributed by atoms with Crippen LogP contribution in [0.15, 0.2) is 24.3 Å². The molecule has 0 aromatic heterocycles. The summed E-state index contributed by atoms with van der Waals surface area (Å²) in [5.41, 5.74) is 0.799. The first-order valence-corrected chi connectivity index (χ1v) is 4.40. The molecule has 1 unspecified atom stereocenters. The zero-order valence-corrected chi connectivity index (χ0v) is 8.32. The Balaban J connectivity index is 2.94. The third-order valence-corrected chi connectivity index (χ3v) is 2.33. The Bertz CT molecular complexity index is 361. The lowest BCUT2D eigenvalue weighted by molar-refractivity contribution is -0.384. The Morgan fingerprint density at radius 2 is 2.00 bits per heavy atom. The molecule has 0 fully saturated rings. The second-order valence-corrected chi connectivity index (χ2v) is 3.33. The molecule has 14 heavy (non-hydrogen) atoms. The Labute approximate surface area is 86.3 Å². The minimum absolute atomic E-state index is 0.0322. The normalized spacial score (nSPS) is 12.1. The molecule has 0 amide bonds. The highest BCUT2D eigenvalue weighted by atomic mass is 32.1. The number of hydrogen-bond donors (Lipinski definition) is 1. The zero-order valence-electron chi connectivity index (χ0n) is 7.51. The van der Waals surface area contributed by atoms with Crippen molar-refractivity contribution in [2.24, 2.45) is 0 Å². The lowest BCUT2D eigenvalue weighted by atomic mass is 10.0. The number of thiocarbonyl (C=S) groups is 1. The van der Waals surface area contributed by atoms with Crippen LogP contribution in [0.4, 0.5) is 5.69 Å². The molecule has 1 aromatic rings. The molecule has 0 bridgehead atoms. The van der Waals surface area contributed by atoms with Crippen LogP contribution in [0.1, 0.15) is 18.4 Å². The number of nitro groups is 1. The highest BCUT2D eigenvalue weighted by molar-refractivity contribution is 7.80. The summed E-state index contributed by atoms with van der Waals surface area (Å²) >= 11 is 4.61. The molecular weight excluding hydrogens is 202 g/mol. The van der Waals surface area contributed by atoms with E-state index in [0.717, 1.165) is 5.56 Å². The van der Waals surface area contributed by atoms with Gasteiger partial charge in [-0.25, -0.2) is 0 Å². The first kappa shape index (κ1) is 10.6. The van der Waals surface area contributed by atoms with E-state index in [0.29, 0.717) is 0 Å². The van der Waals surface area contributed by atoms with Crippen molar-refractivity contribution in [3.63, 3.8) is 0 Å². The van der Waals surface area contributed by atoms with E-state index in [9.17, 15) is 10.1 Å². The van der Waals surface area contributed by atoms with Gasteiger partial charge in [-0.3, -0.25) is 10.1 Å². The summed E-state index contributed by atoms with van der Waals surface area (Å²) in [4.78, 5) is 9.88. The van der Waals surface area contributed by atoms with Crippen LogP contribution >= 0.6 is 12.2 Å². The van der Waals surface area contributed by atoms with Gasteiger partial charge in [0, 0.05) is 18.1 Å². The molecule has 1 atom stereocenters. The lowest BCUT2D eigenvalue weighted by Crippen LogP contribution is -2.04. The van der Waals surface area contributed by atoms with Crippen molar-refractivity contribution in [3.8, 4) is 0 Å². The third kappa shape index (κ3) is 2.26. The lowest BCUT2D eigenvalue weighted by Gasteiger charge is -2.07. The van der Waals surface area contributed by atoms with Gasteiger partial charge in [0.05, 0.1) is 4.92 Å². The van der Waals surface area contributed by atoms with Gasteiger partial charge < -0.3 is 5.11 Å². The summed E-state index contributed by atoms with van der Waals surface area (Å²) in [6.07, 6.45) is 0. The minimum atomic E-state index is -0.467. The molecule has 0 aliphatic heterocycles. The summed E-state index contributed by atoms with van der Waals surface area (Å²) in [6.45, 7) is 1.74. The number of benzene rings is 1. The molecule has 1 rings (SSSR count). The fourth-order valence-electron chi connectivity index (χ4n) is 1.03. The maximum absolute atomic E-state index is 10.3. The summed E-state index contributed by atoms with van der Waals surface area (Å²) < 4.78 is 0. The van der Waals surface area contributed by atoms with Crippen molar-refractivity contribution in [2.75, 3.05) is 0 Å². The second kappa shape index (κ2) is 4.15. The van der Waals surface area contributed by atoms with E-state index in [4.69, 9.17) is 5.11 Å². The molecule has 0 spiro atoms. The van der Waals surface area contributed by atoms with Gasteiger partial charge >= 0.3 is 0 Å². The van der Waals surface area contributed by atoms with Crippen LogP contribution < -0.4 is 0 Å². The van der Waals surface area contributed by atoms with Gasteiger partial charge in [0.25, 0.3) is 5.69 Å². The van der Waals surface area contributed by atoms with Gasteiger partial charge in [0.2, 0.25) is 0 Å². The Morgan fingerprint density at radius 3 is 2.36 bits per heavy atom. The van der Waals surface area contributed by atoms with E-state index in [1.807, 2.05) is 0 Å². The maximum Gasteiger partial charge on any atom is 0.269 e. The molecule has 1 N–H and O–H groups in total. The SMILES string of the molecule is CC(C(O)=S)c1ccc([N+](=O)[O-])cc1. The Hall–Kier alpha value is -1.49. The number of nitrogens with zero attached hydrogens (tertiary/aromatic N) is 1. The first-order chi connectivity index (χ1) is 6.52. The molecule has 0 saturated heterocycles. The monoisotopic (exact) mass is 211 g/mol. The number of hydrogen-bond acceptors (Lipinski definition) is 3. The van der Waals surface area contributed by atoms with Gasteiger partial charge in [0.1, 0.15) is 0 Å². The van der Waals surface area contributed by atoms with E-state index < -0.39 is 4.92 Å². The second-order valence-electron chi connectivity index (χ2n) is 2.91. The van der Waals surface area contributed by atoms with E-state index in [2.05, 4.69) is 12.2 Å². The average molecular weight is 211 g/mol. The van der Waals surface area contributed by atoms with Crippen molar-refractivity contribution in [1.29, 1.82) is 0 Å². The predicted molar refractivity (Wildman–Crippen MR) is 56.7 cm³/mol. The average Bonchev–Trinajstić information content (AvgIpc) is 2.16. The highest BCUT2D eigenvalue weighted by Crippen LogP contribution is 2.19. The van der Waals surface area contributed by atoms with Crippen LogP contribution in [-0.4, -0.2) is 15.1 Å². The molecule has 1 aromatic carbocycles. The number of aliphatic hydroxyl groups is 1. The van der Waals surface area contributed by atoms with Crippen LogP contribution in [0.5, 0.6) is 0 Å². The Morgan fingerprint density at radius 1 is 1.50 bits per heavy atom. The van der Waals surface area contributed by atoms with E-state index in [1.165, 1.54) is 12.1 Å². The number of nitro benzene ring substituents is 1. The van der Waals surface area contributed by atoms with Gasteiger partial charge in [-0.05, 0) is 17.8 Å². The fourth-order valence-corrected chi connectivity index (χ4v) is 1.16. The van der Waals surface area contributed by atoms with Crippen LogP contribution in [-0.2, 0) is 0 Å². The van der Waals surface area contributed by atoms with E-state index in [1.54, 1.807) is 19.1 Å². The molecule has 5 heteroatoms. The number of rotatable bonds is 3. The van der Waals surface area contributed by atoms with Crippen molar-refractivity contribution in [1.82, 2.24) is 0 Å². The fraction of sp³-hybridized carbons (Fsp3) is 0.222. The van der Waals surface area contributed by atoms with Crippen molar-refractivity contribution < 1.29 is 10.0 Å². The van der Waals surface area contributed by atoms with Crippen molar-refractivity contribution in [2.45, 2.75) is 12.8 Å².